The lowest BCUT2D eigenvalue weighted by molar-refractivity contribution is -0.137. The summed E-state index contributed by atoms with van der Waals surface area (Å²) in [5.41, 5.74) is 0.299. The van der Waals surface area contributed by atoms with Crippen LogP contribution in [0.4, 0.5) is 24.5 Å². The second-order valence-corrected chi connectivity index (χ2v) is 9.70. The van der Waals surface area contributed by atoms with Crippen molar-refractivity contribution in [3.63, 3.8) is 0 Å². The van der Waals surface area contributed by atoms with Crippen molar-refractivity contribution in [3.05, 3.63) is 71.8 Å². The van der Waals surface area contributed by atoms with Gasteiger partial charge in [-0.15, -0.1) is 0 Å². The number of rotatable bonds is 9. The van der Waals surface area contributed by atoms with E-state index in [1.54, 1.807) is 0 Å². The van der Waals surface area contributed by atoms with Crippen LogP contribution in [0, 0.1) is 11.3 Å². The van der Waals surface area contributed by atoms with Gasteiger partial charge in [-0.1, -0.05) is 12.1 Å². The molecule has 0 fully saturated rings. The SMILES string of the molecule is CS(=O)(=O)Nc1cc(NC(=O)c2ccc(-c3ccc(C(F)(F)F)cc3)c(OCCCC#N)c2)ccc1O. The molecule has 12 heteroatoms. The molecule has 0 radical (unpaired) electrons. The van der Waals surface area contributed by atoms with E-state index >= 15 is 0 Å². The fraction of sp³-hybridized carbons (Fsp3) is 0.200. The lowest BCUT2D eigenvalue weighted by Gasteiger charge is -2.15. The average Bonchev–Trinajstić information content (AvgIpc) is 2.82. The van der Waals surface area contributed by atoms with Crippen LogP contribution in [0.2, 0.25) is 0 Å². The van der Waals surface area contributed by atoms with Crippen molar-refractivity contribution < 1.29 is 36.2 Å². The number of hydrogen-bond acceptors (Lipinski definition) is 6. The van der Waals surface area contributed by atoms with Crippen molar-refractivity contribution in [2.75, 3.05) is 22.9 Å². The number of nitrogens with one attached hydrogen (secondary N) is 2. The first kappa shape index (κ1) is 27.3. The molecule has 3 aromatic rings. The zero-order chi connectivity index (χ0) is 27.2. The molecule has 0 saturated carbocycles. The Morgan fingerprint density at radius 2 is 1.78 bits per heavy atom. The number of phenolic OH excluding ortho intramolecular Hbond substituents is 1. The van der Waals surface area contributed by atoms with Crippen LogP contribution in [-0.4, -0.2) is 32.3 Å². The van der Waals surface area contributed by atoms with Gasteiger partial charge in [-0.3, -0.25) is 9.52 Å². The number of amides is 1. The summed E-state index contributed by atoms with van der Waals surface area (Å²) in [5.74, 6) is -0.690. The summed E-state index contributed by atoms with van der Waals surface area (Å²) in [7, 11) is -3.68. The summed E-state index contributed by atoms with van der Waals surface area (Å²) in [5, 5.41) is 21.2. The molecule has 8 nitrogen and oxygen atoms in total. The second kappa shape index (κ2) is 11.2. The lowest BCUT2D eigenvalue weighted by atomic mass is 10.0. The van der Waals surface area contributed by atoms with Gasteiger partial charge in [-0.25, -0.2) is 8.42 Å². The van der Waals surface area contributed by atoms with Crippen LogP contribution >= 0.6 is 0 Å². The number of nitriles is 1. The average molecular weight is 534 g/mol. The highest BCUT2D eigenvalue weighted by Gasteiger charge is 2.30. The lowest BCUT2D eigenvalue weighted by Crippen LogP contribution is -2.13. The monoisotopic (exact) mass is 533 g/mol. The zero-order valence-electron chi connectivity index (χ0n) is 19.5. The van der Waals surface area contributed by atoms with Gasteiger partial charge < -0.3 is 15.2 Å². The molecule has 0 saturated heterocycles. The molecule has 0 spiro atoms. The standard InChI is InChI=1S/C25H22F3N3O5S/c1-37(34,35)31-21-15-19(9-11-22(21)32)30-24(33)17-6-10-20(23(14-17)36-13-3-2-12-29)16-4-7-18(8-5-16)25(26,27)28/h4-11,14-15,31-32H,2-3,13H2,1H3,(H,30,33). The van der Waals surface area contributed by atoms with Gasteiger partial charge in [0.25, 0.3) is 5.91 Å². The zero-order valence-corrected chi connectivity index (χ0v) is 20.3. The fourth-order valence-electron chi connectivity index (χ4n) is 3.29. The number of benzene rings is 3. The maximum atomic E-state index is 12.9. The number of unbranched alkanes of at least 4 members (excludes halogenated alkanes) is 1. The van der Waals surface area contributed by atoms with Gasteiger partial charge in [0.15, 0.2) is 0 Å². The molecule has 0 aromatic heterocycles. The number of anilines is 2. The summed E-state index contributed by atoms with van der Waals surface area (Å²) in [6.45, 7) is 0.144. The summed E-state index contributed by atoms with van der Waals surface area (Å²) < 4.78 is 69.7. The molecule has 0 aliphatic carbocycles. The highest BCUT2D eigenvalue weighted by molar-refractivity contribution is 7.92. The van der Waals surface area contributed by atoms with E-state index in [9.17, 15) is 31.5 Å². The van der Waals surface area contributed by atoms with E-state index in [-0.39, 0.29) is 41.5 Å². The number of ether oxygens (including phenoxy) is 1. The Morgan fingerprint density at radius 3 is 2.41 bits per heavy atom. The van der Waals surface area contributed by atoms with Crippen LogP contribution in [0.3, 0.4) is 0 Å². The molecule has 0 aliphatic rings. The van der Waals surface area contributed by atoms with Crippen molar-refractivity contribution >= 4 is 27.3 Å². The summed E-state index contributed by atoms with van der Waals surface area (Å²) in [6.07, 6.45) is -2.93. The fourth-order valence-corrected chi connectivity index (χ4v) is 3.86. The molecule has 37 heavy (non-hydrogen) atoms. The molecule has 194 valence electrons. The van der Waals surface area contributed by atoms with E-state index in [0.717, 1.165) is 18.4 Å². The molecular weight excluding hydrogens is 511 g/mol. The number of phenols is 1. The minimum atomic E-state index is -4.48. The van der Waals surface area contributed by atoms with Gasteiger partial charge in [0.05, 0.1) is 30.2 Å². The number of nitrogens with zero attached hydrogens (tertiary/aromatic N) is 1. The molecule has 1 amide bonds. The number of sulfonamides is 1. The number of hydrogen-bond donors (Lipinski definition) is 3. The van der Waals surface area contributed by atoms with Crippen molar-refractivity contribution in [2.45, 2.75) is 19.0 Å². The molecule has 0 bridgehead atoms. The summed E-state index contributed by atoms with van der Waals surface area (Å²) in [4.78, 5) is 12.9. The van der Waals surface area contributed by atoms with Crippen molar-refractivity contribution in [2.24, 2.45) is 0 Å². The van der Waals surface area contributed by atoms with Gasteiger partial charge in [-0.2, -0.15) is 18.4 Å². The highest BCUT2D eigenvalue weighted by Crippen LogP contribution is 2.35. The molecule has 0 unspecified atom stereocenters. The summed E-state index contributed by atoms with van der Waals surface area (Å²) in [6, 6.07) is 14.7. The Hall–Kier alpha value is -4.24. The Labute approximate surface area is 211 Å². The van der Waals surface area contributed by atoms with Crippen molar-refractivity contribution in [1.82, 2.24) is 0 Å². The van der Waals surface area contributed by atoms with Crippen LogP contribution in [0.25, 0.3) is 11.1 Å². The van der Waals surface area contributed by atoms with E-state index in [4.69, 9.17) is 10.00 Å². The van der Waals surface area contributed by atoms with Gasteiger partial charge in [0, 0.05) is 23.2 Å². The maximum Gasteiger partial charge on any atom is 0.416 e. The number of halogens is 3. The largest absolute Gasteiger partial charge is 0.506 e. The Balaban J connectivity index is 1.89. The third kappa shape index (κ3) is 7.62. The van der Waals surface area contributed by atoms with E-state index in [1.165, 1.54) is 48.5 Å². The number of carbonyl (C=O) groups excluding carboxylic acids is 1. The molecule has 0 atom stereocenters. The van der Waals surface area contributed by atoms with Crippen LogP contribution in [0.5, 0.6) is 11.5 Å². The highest BCUT2D eigenvalue weighted by atomic mass is 32.2. The predicted octanol–water partition coefficient (Wildman–Crippen LogP) is 5.38. The third-order valence-corrected chi connectivity index (χ3v) is 5.60. The van der Waals surface area contributed by atoms with Crippen molar-refractivity contribution in [1.29, 1.82) is 5.26 Å². The van der Waals surface area contributed by atoms with Gasteiger partial charge in [0.1, 0.15) is 11.5 Å². The number of alkyl halides is 3. The Morgan fingerprint density at radius 1 is 1.08 bits per heavy atom. The molecule has 3 rings (SSSR count). The van der Waals surface area contributed by atoms with E-state index < -0.39 is 27.7 Å². The van der Waals surface area contributed by atoms with E-state index in [2.05, 4.69) is 10.0 Å². The molecule has 0 aliphatic heterocycles. The first-order chi connectivity index (χ1) is 17.4. The van der Waals surface area contributed by atoms with Gasteiger partial charge in [-0.05, 0) is 60.5 Å². The van der Waals surface area contributed by atoms with E-state index in [1.807, 2.05) is 6.07 Å². The molecular formula is C25H22F3N3O5S. The minimum Gasteiger partial charge on any atom is -0.506 e. The van der Waals surface area contributed by atoms with Crippen LogP contribution in [0.1, 0.15) is 28.8 Å². The quantitative estimate of drug-likeness (QED) is 0.192. The van der Waals surface area contributed by atoms with Gasteiger partial charge >= 0.3 is 6.18 Å². The Bertz CT molecular complexity index is 1430. The van der Waals surface area contributed by atoms with Crippen molar-refractivity contribution in [3.8, 4) is 28.7 Å². The maximum absolute atomic E-state index is 12.9. The smallest absolute Gasteiger partial charge is 0.416 e. The van der Waals surface area contributed by atoms with E-state index in [0.29, 0.717) is 17.5 Å². The minimum absolute atomic E-state index is 0.125. The third-order valence-electron chi connectivity index (χ3n) is 5.01. The van der Waals surface area contributed by atoms with Gasteiger partial charge in [0.2, 0.25) is 10.0 Å². The topological polar surface area (TPSA) is 129 Å². The van der Waals surface area contributed by atoms with Crippen LogP contribution in [-0.2, 0) is 16.2 Å². The Kier molecular flexibility index (Phi) is 8.29. The second-order valence-electron chi connectivity index (χ2n) is 7.96. The number of carbonyl (C=O) groups is 1. The molecule has 3 N–H and O–H groups in total. The van der Waals surface area contributed by atoms with Crippen LogP contribution in [0.15, 0.2) is 60.7 Å². The first-order valence-electron chi connectivity index (χ1n) is 10.8. The normalized spacial score (nSPS) is 11.4. The molecule has 0 heterocycles. The predicted molar refractivity (Wildman–Crippen MR) is 132 cm³/mol. The summed E-state index contributed by atoms with van der Waals surface area (Å²) >= 11 is 0. The first-order valence-corrected chi connectivity index (χ1v) is 12.7. The number of aromatic hydroxyl groups is 1. The van der Waals surface area contributed by atoms with Crippen LogP contribution < -0.4 is 14.8 Å². The molecule has 3 aromatic carbocycles.